The fourth-order valence-electron chi connectivity index (χ4n) is 5.22. The van der Waals surface area contributed by atoms with Gasteiger partial charge in [0.05, 0.1) is 13.0 Å². The summed E-state index contributed by atoms with van der Waals surface area (Å²) in [4.78, 5) is 78.2. The zero-order valence-electron chi connectivity index (χ0n) is 28.6. The van der Waals surface area contributed by atoms with Crippen LogP contribution < -0.4 is 10.6 Å². The third kappa shape index (κ3) is 10.8. The second-order valence-corrected chi connectivity index (χ2v) is 13.6. The van der Waals surface area contributed by atoms with Crippen molar-refractivity contribution in [2.24, 2.45) is 0 Å². The summed E-state index contributed by atoms with van der Waals surface area (Å²) in [7, 11) is 0. The van der Waals surface area contributed by atoms with Gasteiger partial charge in [-0.3, -0.25) is 24.1 Å². The number of alkyl halides is 1. The lowest BCUT2D eigenvalue weighted by Gasteiger charge is -2.47. The van der Waals surface area contributed by atoms with Gasteiger partial charge in [0.1, 0.15) is 28.5 Å². The van der Waals surface area contributed by atoms with Gasteiger partial charge >= 0.3 is 17.9 Å². The van der Waals surface area contributed by atoms with Crippen LogP contribution in [0.4, 0.5) is 0 Å². The summed E-state index contributed by atoms with van der Waals surface area (Å²) in [6, 6.07) is 17.0. The first-order valence-electron chi connectivity index (χ1n) is 16.3. The smallest absolute Gasteiger partial charge is 0.352 e. The molecule has 0 spiro atoms. The molecule has 3 unspecified atom stereocenters. The van der Waals surface area contributed by atoms with Crippen molar-refractivity contribution in [3.63, 3.8) is 0 Å². The van der Waals surface area contributed by atoms with Gasteiger partial charge in [0.2, 0.25) is 11.8 Å². The molecule has 50 heavy (non-hydrogen) atoms. The number of nitrogens with one attached hydrogen (secondary N) is 2. The van der Waals surface area contributed by atoms with E-state index in [1.807, 2.05) is 43.3 Å². The SMILES string of the molecule is CCCCOC(=O)CCSC1C(NC(=O)CCC(C)(NC(=O)CCl)C(=O)OC(c2ccccc2)c2ccccc2)C(=O)N1C(C(=O)O)=C(C)C. The summed E-state index contributed by atoms with van der Waals surface area (Å²) >= 11 is 6.91. The van der Waals surface area contributed by atoms with E-state index in [2.05, 4.69) is 10.6 Å². The highest BCUT2D eigenvalue weighted by Crippen LogP contribution is 2.36. The predicted molar refractivity (Wildman–Crippen MR) is 189 cm³/mol. The van der Waals surface area contributed by atoms with Gasteiger partial charge in [-0.25, -0.2) is 9.59 Å². The highest BCUT2D eigenvalue weighted by molar-refractivity contribution is 8.00. The molecule has 270 valence electrons. The molecule has 1 aliphatic heterocycles. The number of amides is 3. The number of unbranched alkanes of at least 4 members (excludes halogenated alkanes) is 1. The molecule has 2 aromatic rings. The van der Waals surface area contributed by atoms with E-state index in [1.54, 1.807) is 38.1 Å². The van der Waals surface area contributed by atoms with E-state index in [0.717, 1.165) is 29.5 Å². The number of rotatable bonds is 19. The zero-order chi connectivity index (χ0) is 36.8. The third-order valence-electron chi connectivity index (χ3n) is 7.90. The molecule has 3 atom stereocenters. The fourth-order valence-corrected chi connectivity index (χ4v) is 6.54. The first kappa shape index (κ1) is 40.1. The lowest BCUT2D eigenvalue weighted by atomic mass is 9.94. The van der Waals surface area contributed by atoms with Crippen LogP contribution >= 0.6 is 23.4 Å². The number of halogens is 1. The van der Waals surface area contributed by atoms with Gasteiger partial charge in [0.15, 0.2) is 6.10 Å². The maximum atomic E-state index is 13.8. The highest BCUT2D eigenvalue weighted by atomic mass is 35.5. The van der Waals surface area contributed by atoms with Gasteiger partial charge in [-0.2, -0.15) is 0 Å². The van der Waals surface area contributed by atoms with Crippen LogP contribution in [0, 0.1) is 0 Å². The summed E-state index contributed by atoms with van der Waals surface area (Å²) in [6.07, 6.45) is 0.284. The Morgan fingerprint density at radius 3 is 2.10 bits per heavy atom. The monoisotopic (exact) mass is 729 g/mol. The Labute approximate surface area is 301 Å². The molecule has 1 heterocycles. The van der Waals surface area contributed by atoms with Crippen molar-refractivity contribution in [3.8, 4) is 0 Å². The zero-order valence-corrected chi connectivity index (χ0v) is 30.2. The normalized spacial score (nSPS) is 16.4. The maximum Gasteiger partial charge on any atom is 0.352 e. The van der Waals surface area contributed by atoms with Crippen molar-refractivity contribution in [3.05, 3.63) is 83.1 Å². The lowest BCUT2D eigenvalue weighted by molar-refractivity contribution is -0.157. The molecule has 0 aromatic heterocycles. The number of hydrogen-bond acceptors (Lipinski definition) is 9. The molecule has 1 fully saturated rings. The number of nitrogens with zero attached hydrogens (tertiary/aromatic N) is 1. The quantitative estimate of drug-likeness (QED) is 0.0606. The van der Waals surface area contributed by atoms with Crippen LogP contribution in [-0.4, -0.2) is 80.8 Å². The van der Waals surface area contributed by atoms with Crippen LogP contribution in [0.3, 0.4) is 0 Å². The number of ether oxygens (including phenoxy) is 2. The van der Waals surface area contributed by atoms with Crippen LogP contribution in [0.5, 0.6) is 0 Å². The number of likely N-dealkylation sites (tertiary alicyclic amines) is 1. The number of carboxylic acid groups (broad SMARTS) is 1. The van der Waals surface area contributed by atoms with Gasteiger partial charge in [-0.15, -0.1) is 23.4 Å². The molecule has 0 aliphatic carbocycles. The van der Waals surface area contributed by atoms with E-state index >= 15 is 0 Å². The van der Waals surface area contributed by atoms with Gasteiger partial charge in [-0.1, -0.05) is 74.0 Å². The van der Waals surface area contributed by atoms with Crippen molar-refractivity contribution in [1.29, 1.82) is 0 Å². The highest BCUT2D eigenvalue weighted by Gasteiger charge is 2.52. The van der Waals surface area contributed by atoms with E-state index < -0.39 is 64.6 Å². The minimum atomic E-state index is -1.69. The Bertz CT molecular complexity index is 1510. The van der Waals surface area contributed by atoms with E-state index in [-0.39, 0.29) is 30.7 Å². The molecule has 1 saturated heterocycles. The molecule has 3 rings (SSSR count). The first-order valence-corrected chi connectivity index (χ1v) is 17.9. The average molecular weight is 730 g/mol. The molecule has 12 nitrogen and oxygen atoms in total. The van der Waals surface area contributed by atoms with Crippen LogP contribution in [0.2, 0.25) is 0 Å². The predicted octanol–water partition coefficient (Wildman–Crippen LogP) is 4.71. The number of hydrogen-bond donors (Lipinski definition) is 3. The standard InChI is InChI=1S/C36H44ClN3O9S/c1-5-6-20-48-28(43)18-21-50-33-29(32(44)40(33)30(23(2)3)34(45)46)38-26(41)17-19-36(4,39-27(42)22-37)35(47)49-31(24-13-9-7-10-14-24)25-15-11-8-12-16-25/h7-16,29,31,33H,5-6,17-22H2,1-4H3,(H,38,41)(H,39,42)(H,45,46). The van der Waals surface area contributed by atoms with Gasteiger partial charge in [0.25, 0.3) is 5.91 Å². The number of esters is 2. The van der Waals surface area contributed by atoms with Crippen molar-refractivity contribution >= 4 is 59.0 Å². The molecule has 3 N–H and O–H groups in total. The second-order valence-electron chi connectivity index (χ2n) is 12.1. The fraction of sp³-hybridized carbons (Fsp3) is 0.444. The molecule has 14 heteroatoms. The van der Waals surface area contributed by atoms with E-state index in [9.17, 15) is 33.9 Å². The minimum Gasteiger partial charge on any atom is -0.477 e. The number of thioether (sulfide) groups is 1. The number of carbonyl (C=O) groups excluding carboxylic acids is 5. The van der Waals surface area contributed by atoms with Gasteiger partial charge < -0.3 is 25.2 Å². The van der Waals surface area contributed by atoms with E-state index in [1.165, 1.54) is 6.92 Å². The van der Waals surface area contributed by atoms with Crippen molar-refractivity contribution in [2.75, 3.05) is 18.2 Å². The maximum absolute atomic E-state index is 13.8. The number of allylic oxidation sites excluding steroid dienone is 1. The number of β-lactam (4-membered cyclic amide) rings is 1. The second kappa shape index (κ2) is 19.1. The topological polar surface area (TPSA) is 168 Å². The lowest BCUT2D eigenvalue weighted by Crippen LogP contribution is -2.69. The van der Waals surface area contributed by atoms with Crippen LogP contribution in [0.25, 0.3) is 0 Å². The summed E-state index contributed by atoms with van der Waals surface area (Å²) in [5, 5.41) is 14.3. The average Bonchev–Trinajstić information content (AvgIpc) is 3.10. The molecule has 3 amide bonds. The number of carboxylic acids is 1. The summed E-state index contributed by atoms with van der Waals surface area (Å²) in [5.74, 6) is -4.67. The summed E-state index contributed by atoms with van der Waals surface area (Å²) in [5.41, 5.74) is -0.133. The summed E-state index contributed by atoms with van der Waals surface area (Å²) < 4.78 is 11.2. The number of carbonyl (C=O) groups is 6. The van der Waals surface area contributed by atoms with Crippen LogP contribution in [0.15, 0.2) is 71.9 Å². The Morgan fingerprint density at radius 1 is 0.980 bits per heavy atom. The Hall–Kier alpha value is -4.36. The summed E-state index contributed by atoms with van der Waals surface area (Å²) in [6.45, 7) is 6.82. The first-order chi connectivity index (χ1) is 23.8. The third-order valence-corrected chi connectivity index (χ3v) is 9.41. The Balaban J connectivity index is 1.76. The molecular formula is C36H44ClN3O9S. The van der Waals surface area contributed by atoms with Crippen molar-refractivity contribution in [1.82, 2.24) is 15.5 Å². The largest absolute Gasteiger partial charge is 0.477 e. The van der Waals surface area contributed by atoms with Crippen LogP contribution in [-0.2, 0) is 38.2 Å². The number of benzene rings is 2. The van der Waals surface area contributed by atoms with Gasteiger partial charge in [-0.05, 0) is 50.3 Å². The van der Waals surface area contributed by atoms with Crippen LogP contribution in [0.1, 0.15) is 77.0 Å². The Kier molecular flexibility index (Phi) is 15.3. The Morgan fingerprint density at radius 2 is 1.58 bits per heavy atom. The molecule has 0 radical (unpaired) electrons. The molecular weight excluding hydrogens is 686 g/mol. The van der Waals surface area contributed by atoms with Crippen molar-refractivity contribution < 1.29 is 43.3 Å². The molecule has 0 saturated carbocycles. The number of aliphatic carboxylic acids is 1. The van der Waals surface area contributed by atoms with E-state index in [4.69, 9.17) is 21.1 Å². The molecule has 1 aliphatic rings. The van der Waals surface area contributed by atoms with Crippen molar-refractivity contribution in [2.45, 2.75) is 82.9 Å². The van der Waals surface area contributed by atoms with Gasteiger partial charge in [0, 0.05) is 12.2 Å². The molecule has 0 bridgehead atoms. The van der Waals surface area contributed by atoms with E-state index in [0.29, 0.717) is 23.3 Å². The molecule has 2 aromatic carbocycles. The minimum absolute atomic E-state index is 0.0263.